The first kappa shape index (κ1) is 15.9. The first-order chi connectivity index (χ1) is 9.75. The van der Waals surface area contributed by atoms with E-state index in [9.17, 15) is 0 Å². The lowest BCUT2D eigenvalue weighted by Gasteiger charge is -2.40. The number of nitrogens with zero attached hydrogens (tertiary/aromatic N) is 3. The molecule has 1 aliphatic rings. The number of phosphoric acid groups is 1. The minimum absolute atomic E-state index is 0.357. The Kier molecular flexibility index (Phi) is 4.60. The van der Waals surface area contributed by atoms with Gasteiger partial charge in [0.15, 0.2) is 0 Å². The van der Waals surface area contributed by atoms with Crippen LogP contribution in [0.4, 0.5) is 5.82 Å². The average molecular weight is 315 g/mol. The molecule has 0 amide bonds. The van der Waals surface area contributed by atoms with Gasteiger partial charge < -0.3 is 30.3 Å². The molecule has 0 bridgehead atoms. The molecule has 2 aromatic heterocycles. The van der Waals surface area contributed by atoms with Crippen molar-refractivity contribution < 1.29 is 19.2 Å². The number of aromatic amines is 1. The highest BCUT2D eigenvalue weighted by molar-refractivity contribution is 7.45. The van der Waals surface area contributed by atoms with Gasteiger partial charge >= 0.3 is 7.82 Å². The Bertz CT molecular complexity index is 643. The summed E-state index contributed by atoms with van der Waals surface area (Å²) in [5, 5.41) is 1.07. The van der Waals surface area contributed by atoms with Crippen LogP contribution in [0.25, 0.3) is 11.0 Å². The summed E-state index contributed by atoms with van der Waals surface area (Å²) in [5.74, 6) is 0.989. The number of hydrogen-bond donors (Lipinski definition) is 5. The zero-order valence-corrected chi connectivity index (χ0v) is 12.3. The molecule has 9 nitrogen and oxygen atoms in total. The van der Waals surface area contributed by atoms with Gasteiger partial charge in [-0.05, 0) is 18.9 Å². The van der Waals surface area contributed by atoms with Crippen LogP contribution in [-0.2, 0) is 4.57 Å². The van der Waals surface area contributed by atoms with Crippen molar-refractivity contribution in [3.8, 4) is 0 Å². The molecule has 10 heteroatoms. The molecule has 21 heavy (non-hydrogen) atoms. The monoisotopic (exact) mass is 315 g/mol. The molecule has 0 aromatic carbocycles. The summed E-state index contributed by atoms with van der Waals surface area (Å²) in [4.78, 5) is 35.4. The van der Waals surface area contributed by atoms with Gasteiger partial charge in [-0.2, -0.15) is 0 Å². The zero-order chi connectivity index (χ0) is 15.6. The van der Waals surface area contributed by atoms with Crippen molar-refractivity contribution in [3.05, 3.63) is 18.6 Å². The molecule has 0 radical (unpaired) electrons. The third-order valence-electron chi connectivity index (χ3n) is 3.36. The molecule has 0 atom stereocenters. The molecular formula is C11H18N5O4P. The van der Waals surface area contributed by atoms with Crippen LogP contribution in [0.3, 0.4) is 0 Å². The van der Waals surface area contributed by atoms with E-state index in [1.54, 1.807) is 6.33 Å². The highest BCUT2D eigenvalue weighted by Gasteiger charge is 2.30. The van der Waals surface area contributed by atoms with Crippen LogP contribution in [0.15, 0.2) is 18.6 Å². The minimum atomic E-state index is -4.64. The number of nitrogens with two attached hydrogens (primary N) is 1. The maximum absolute atomic E-state index is 8.88. The van der Waals surface area contributed by atoms with Crippen molar-refractivity contribution in [2.24, 2.45) is 5.73 Å². The van der Waals surface area contributed by atoms with Crippen molar-refractivity contribution in [3.63, 3.8) is 0 Å². The Hall–Kier alpha value is -1.51. The van der Waals surface area contributed by atoms with Gasteiger partial charge in [-0.15, -0.1) is 0 Å². The number of aromatic nitrogens is 3. The third kappa shape index (κ3) is 4.23. The molecule has 116 valence electrons. The van der Waals surface area contributed by atoms with Crippen molar-refractivity contribution in [2.45, 2.75) is 24.9 Å². The Morgan fingerprint density at radius 3 is 2.57 bits per heavy atom. The van der Waals surface area contributed by atoms with Gasteiger partial charge in [0.2, 0.25) is 0 Å². The summed E-state index contributed by atoms with van der Waals surface area (Å²) < 4.78 is 8.88. The summed E-state index contributed by atoms with van der Waals surface area (Å²) in [6.07, 6.45) is 5.59. The highest BCUT2D eigenvalue weighted by atomic mass is 31.2. The topological polar surface area (TPSA) is 149 Å². The summed E-state index contributed by atoms with van der Waals surface area (Å²) in [6, 6.07) is 2.89. The molecule has 2 aromatic rings. The SMILES string of the molecule is CN(c1ncnc2[nH]ccc12)C1CC(N)C1.O=P(O)(O)O. The van der Waals surface area contributed by atoms with E-state index in [-0.39, 0.29) is 0 Å². The summed E-state index contributed by atoms with van der Waals surface area (Å²) in [5.41, 5.74) is 6.70. The largest absolute Gasteiger partial charge is 0.466 e. The van der Waals surface area contributed by atoms with Crippen molar-refractivity contribution >= 4 is 24.7 Å². The molecule has 1 saturated carbocycles. The molecule has 0 saturated heterocycles. The lowest BCUT2D eigenvalue weighted by molar-refractivity contribution is 0.275. The normalized spacial score (nSPS) is 21.4. The lowest BCUT2D eigenvalue weighted by atomic mass is 9.86. The van der Waals surface area contributed by atoms with Crippen LogP contribution in [0.5, 0.6) is 0 Å². The molecule has 1 aliphatic carbocycles. The highest BCUT2D eigenvalue weighted by Crippen LogP contribution is 2.29. The van der Waals surface area contributed by atoms with Gasteiger partial charge in [0.1, 0.15) is 17.8 Å². The quantitative estimate of drug-likeness (QED) is 0.484. The van der Waals surface area contributed by atoms with E-state index in [4.69, 9.17) is 25.0 Å². The predicted molar refractivity (Wildman–Crippen MR) is 77.6 cm³/mol. The zero-order valence-electron chi connectivity index (χ0n) is 11.4. The van der Waals surface area contributed by atoms with Crippen molar-refractivity contribution in [1.29, 1.82) is 0 Å². The van der Waals surface area contributed by atoms with Crippen molar-refractivity contribution in [1.82, 2.24) is 15.0 Å². The van der Waals surface area contributed by atoms with E-state index in [1.165, 1.54) is 0 Å². The van der Waals surface area contributed by atoms with Gasteiger partial charge in [-0.25, -0.2) is 14.5 Å². The standard InChI is InChI=1S/C11H15N5.H3O4P/c1-16(8-4-7(12)5-8)11-9-2-3-13-10(9)14-6-15-11;1-5(2,3)4/h2-3,6-8H,4-5,12H2,1H3,(H,13,14,15);(H3,1,2,3,4). The second-order valence-electron chi connectivity index (χ2n) is 4.95. The third-order valence-corrected chi connectivity index (χ3v) is 3.36. The Labute approximate surface area is 121 Å². The van der Waals surface area contributed by atoms with Gasteiger partial charge in [0.25, 0.3) is 0 Å². The van der Waals surface area contributed by atoms with Crippen LogP contribution in [0.1, 0.15) is 12.8 Å². The number of anilines is 1. The van der Waals surface area contributed by atoms with Crippen LogP contribution < -0.4 is 10.6 Å². The predicted octanol–water partition coefficient (Wildman–Crippen LogP) is -0.0448. The van der Waals surface area contributed by atoms with E-state index in [0.717, 1.165) is 29.7 Å². The smallest absolute Gasteiger partial charge is 0.356 e. The van der Waals surface area contributed by atoms with E-state index in [1.807, 2.05) is 12.3 Å². The fourth-order valence-corrected chi connectivity index (χ4v) is 2.26. The summed E-state index contributed by atoms with van der Waals surface area (Å²) >= 11 is 0. The van der Waals surface area contributed by atoms with E-state index < -0.39 is 7.82 Å². The Morgan fingerprint density at radius 2 is 2.00 bits per heavy atom. The van der Waals surface area contributed by atoms with Crippen molar-refractivity contribution in [2.75, 3.05) is 11.9 Å². The molecule has 0 aliphatic heterocycles. The molecule has 6 N–H and O–H groups in total. The number of nitrogens with one attached hydrogen (secondary N) is 1. The van der Waals surface area contributed by atoms with E-state index in [2.05, 4.69) is 26.9 Å². The average Bonchev–Trinajstić information content (AvgIpc) is 2.80. The number of hydrogen-bond acceptors (Lipinski definition) is 5. The molecule has 1 fully saturated rings. The van der Waals surface area contributed by atoms with E-state index in [0.29, 0.717) is 12.1 Å². The van der Waals surface area contributed by atoms with Gasteiger partial charge in [-0.1, -0.05) is 0 Å². The molecule has 3 rings (SSSR count). The van der Waals surface area contributed by atoms with E-state index >= 15 is 0 Å². The summed E-state index contributed by atoms with van der Waals surface area (Å²) in [6.45, 7) is 0. The van der Waals surface area contributed by atoms with Gasteiger partial charge in [0, 0.05) is 25.3 Å². The van der Waals surface area contributed by atoms with Crippen LogP contribution in [0.2, 0.25) is 0 Å². The number of fused-ring (bicyclic) bond motifs is 1. The first-order valence-electron chi connectivity index (χ1n) is 6.30. The lowest BCUT2D eigenvalue weighted by Crippen LogP contribution is -2.49. The minimum Gasteiger partial charge on any atom is -0.356 e. The molecular weight excluding hydrogens is 297 g/mol. The molecule has 0 spiro atoms. The second-order valence-corrected chi connectivity index (χ2v) is 5.97. The summed E-state index contributed by atoms with van der Waals surface area (Å²) in [7, 11) is -2.56. The number of rotatable bonds is 2. The number of H-pyrrole nitrogens is 1. The van der Waals surface area contributed by atoms with Crippen LogP contribution in [0, 0.1) is 0 Å². The Balaban J connectivity index is 0.000000282. The first-order valence-corrected chi connectivity index (χ1v) is 7.87. The second kappa shape index (κ2) is 6.08. The molecule has 0 unspecified atom stereocenters. The van der Waals surface area contributed by atoms with Crippen LogP contribution in [-0.4, -0.2) is 48.8 Å². The maximum Gasteiger partial charge on any atom is 0.466 e. The van der Waals surface area contributed by atoms with Gasteiger partial charge in [0.05, 0.1) is 5.39 Å². The fraction of sp³-hybridized carbons (Fsp3) is 0.455. The fourth-order valence-electron chi connectivity index (χ4n) is 2.26. The molecule has 2 heterocycles. The Morgan fingerprint density at radius 1 is 1.38 bits per heavy atom. The van der Waals surface area contributed by atoms with Crippen LogP contribution >= 0.6 is 7.82 Å². The maximum atomic E-state index is 8.88. The van der Waals surface area contributed by atoms with Gasteiger partial charge in [-0.3, -0.25) is 0 Å².